The van der Waals surface area contributed by atoms with E-state index in [0.29, 0.717) is 49.3 Å². The summed E-state index contributed by atoms with van der Waals surface area (Å²) in [4.78, 5) is 52.6. The number of rotatable bonds is 9. The van der Waals surface area contributed by atoms with Crippen molar-refractivity contribution < 1.29 is 32.3 Å². The first kappa shape index (κ1) is 40.1. The molecule has 3 saturated heterocycles. The van der Waals surface area contributed by atoms with Crippen molar-refractivity contribution in [3.05, 3.63) is 65.1 Å². The van der Waals surface area contributed by atoms with Gasteiger partial charge in [-0.1, -0.05) is 12.1 Å². The van der Waals surface area contributed by atoms with Crippen LogP contribution < -0.4 is 20.4 Å². The number of imide groups is 1. The molecule has 4 amide bonds. The number of carbonyl (C=O) groups is 3. The van der Waals surface area contributed by atoms with Gasteiger partial charge in [-0.05, 0) is 119 Å². The second-order valence-corrected chi connectivity index (χ2v) is 19.7. The van der Waals surface area contributed by atoms with Crippen molar-refractivity contribution in [2.45, 2.75) is 112 Å². The number of nitrogens with one attached hydrogen (secondary N) is 2. The number of aryl methyl sites for hydroxylation is 1. The lowest BCUT2D eigenvalue weighted by atomic mass is 9.89. The van der Waals surface area contributed by atoms with Crippen LogP contribution in [0, 0.1) is 5.82 Å². The van der Waals surface area contributed by atoms with E-state index >= 15 is 4.39 Å². The Bertz CT molecular complexity index is 2530. The fourth-order valence-electron chi connectivity index (χ4n) is 10.3. The number of aliphatic hydroxyl groups is 1. The number of benzene rings is 2. The molecular formula is C43H51FN10O6S. The van der Waals surface area contributed by atoms with Crippen LogP contribution in [0.2, 0.25) is 0 Å². The van der Waals surface area contributed by atoms with Crippen molar-refractivity contribution in [2.24, 2.45) is 7.05 Å². The summed E-state index contributed by atoms with van der Waals surface area (Å²) >= 11 is 0. The van der Waals surface area contributed by atoms with Crippen LogP contribution in [-0.2, 0) is 38.6 Å². The number of fused-ring (bicyclic) bond motifs is 3. The molecule has 0 bridgehead atoms. The molecule has 6 aliphatic rings. The fourth-order valence-corrected chi connectivity index (χ4v) is 11.9. The Labute approximate surface area is 353 Å². The van der Waals surface area contributed by atoms with Crippen molar-refractivity contribution in [1.29, 1.82) is 0 Å². The van der Waals surface area contributed by atoms with E-state index in [9.17, 15) is 27.9 Å². The van der Waals surface area contributed by atoms with Gasteiger partial charge in [0.05, 0.1) is 17.0 Å². The van der Waals surface area contributed by atoms with Crippen LogP contribution in [0.3, 0.4) is 0 Å². The van der Waals surface area contributed by atoms with E-state index in [0.717, 1.165) is 80.1 Å². The average Bonchev–Trinajstić information content (AvgIpc) is 3.94. The molecule has 322 valence electrons. The average molecular weight is 855 g/mol. The van der Waals surface area contributed by atoms with Crippen molar-refractivity contribution in [2.75, 3.05) is 47.8 Å². The molecule has 1 spiro atoms. The van der Waals surface area contributed by atoms with Gasteiger partial charge in [0, 0.05) is 68.9 Å². The molecule has 0 unspecified atom stereocenters. The Morgan fingerprint density at radius 2 is 1.74 bits per heavy atom. The Morgan fingerprint density at radius 3 is 2.48 bits per heavy atom. The Hall–Kier alpha value is -5.04. The summed E-state index contributed by atoms with van der Waals surface area (Å²) in [5.74, 6) is 0.856. The molecule has 18 heteroatoms. The Kier molecular flexibility index (Phi) is 10.1. The monoisotopic (exact) mass is 854 g/mol. The maximum absolute atomic E-state index is 15.3. The zero-order valence-corrected chi connectivity index (χ0v) is 35.0. The SMILES string of the molecule is Cn1nc(N2CCC(=O)NC2=O)c2ccc(C3CCN(Cc4ccc(F)c(S(=O)(=O)N5CCC(Nc6ncc7c(n6)N([C@@H]6CCC[C@@H](O)C6)C(=O)C76CC6)CC5)c4)CC3)cc21. The van der Waals surface area contributed by atoms with Crippen LogP contribution in [0.5, 0.6) is 0 Å². The predicted octanol–water partition coefficient (Wildman–Crippen LogP) is 4.28. The second kappa shape index (κ2) is 15.4. The largest absolute Gasteiger partial charge is 0.393 e. The van der Waals surface area contributed by atoms with E-state index in [4.69, 9.17) is 4.98 Å². The highest BCUT2D eigenvalue weighted by Gasteiger charge is 2.61. The second-order valence-electron chi connectivity index (χ2n) is 17.8. The molecule has 3 N–H and O–H groups in total. The number of piperidine rings is 2. The minimum Gasteiger partial charge on any atom is -0.393 e. The third kappa shape index (κ3) is 7.24. The molecular weight excluding hydrogens is 804 g/mol. The van der Waals surface area contributed by atoms with Gasteiger partial charge in [-0.3, -0.25) is 34.3 Å². The van der Waals surface area contributed by atoms with Crippen LogP contribution in [0.4, 0.5) is 26.8 Å². The summed E-state index contributed by atoms with van der Waals surface area (Å²) in [7, 11) is -2.26. The van der Waals surface area contributed by atoms with Gasteiger partial charge in [0.15, 0.2) is 5.82 Å². The molecule has 6 heterocycles. The number of hydrogen-bond donors (Lipinski definition) is 3. The van der Waals surface area contributed by atoms with E-state index in [-0.39, 0.29) is 54.8 Å². The van der Waals surface area contributed by atoms with E-state index < -0.39 is 33.4 Å². The molecule has 5 fully saturated rings. The van der Waals surface area contributed by atoms with Crippen LogP contribution >= 0.6 is 0 Å². The van der Waals surface area contributed by atoms with Gasteiger partial charge in [-0.25, -0.2) is 22.6 Å². The number of carbonyl (C=O) groups excluding carboxylic acids is 3. The molecule has 2 aromatic heterocycles. The van der Waals surface area contributed by atoms with Crippen molar-refractivity contribution in [1.82, 2.24) is 34.3 Å². The number of likely N-dealkylation sites (tertiary alicyclic amines) is 1. The summed E-state index contributed by atoms with van der Waals surface area (Å²) in [5, 5.41) is 21.6. The topological polar surface area (TPSA) is 186 Å². The van der Waals surface area contributed by atoms with Crippen LogP contribution in [0.25, 0.3) is 10.9 Å². The minimum absolute atomic E-state index is 0.0621. The van der Waals surface area contributed by atoms with Gasteiger partial charge in [-0.15, -0.1) is 0 Å². The molecule has 16 nitrogen and oxygen atoms in total. The minimum atomic E-state index is -4.11. The van der Waals surface area contributed by atoms with Crippen molar-refractivity contribution >= 4 is 56.4 Å². The van der Waals surface area contributed by atoms with Gasteiger partial charge in [0.1, 0.15) is 16.5 Å². The third-order valence-corrected chi connectivity index (χ3v) is 15.8. The lowest BCUT2D eigenvalue weighted by Gasteiger charge is -2.34. The van der Waals surface area contributed by atoms with Gasteiger partial charge in [0.25, 0.3) is 0 Å². The zero-order chi connectivity index (χ0) is 42.2. The first-order chi connectivity index (χ1) is 29.4. The summed E-state index contributed by atoms with van der Waals surface area (Å²) in [6, 6.07) is 9.93. The molecule has 4 aromatic rings. The fraction of sp³-hybridized carbons (Fsp3) is 0.535. The van der Waals surface area contributed by atoms with Gasteiger partial charge < -0.3 is 10.4 Å². The number of aliphatic hydroxyl groups excluding tert-OH is 1. The number of sulfonamides is 1. The standard InChI is InChI=1S/C43H51FN10O6S/c1-50-35-22-28(6-7-32(35)38(49-50)53-20-13-37(56)47-42(53)58)27-9-16-51(17-10-27)25-26-5-8-34(44)36(21-26)61(59,60)52-18-11-29(12-19-52)46-41-45-24-33-39(48-41)54(40(57)43(33)14-15-43)30-3-2-4-31(55)23-30/h5-8,21-22,24,27,29-31,55H,2-4,9-20,23,25H2,1H3,(H,45,46,48)(H,47,56,58)/t30-,31-/m1/s1. The number of hydrogen-bond acceptors (Lipinski definition) is 11. The highest BCUT2D eigenvalue weighted by Crippen LogP contribution is 2.57. The molecule has 0 radical (unpaired) electrons. The maximum atomic E-state index is 15.3. The van der Waals surface area contributed by atoms with E-state index in [1.54, 1.807) is 16.9 Å². The van der Waals surface area contributed by atoms with Gasteiger partial charge in [-0.2, -0.15) is 14.4 Å². The number of aromatic nitrogens is 4. The molecule has 10 rings (SSSR count). The molecule has 61 heavy (non-hydrogen) atoms. The predicted molar refractivity (Wildman–Crippen MR) is 224 cm³/mol. The summed E-state index contributed by atoms with van der Waals surface area (Å²) in [6.45, 7) is 2.76. The lowest BCUT2D eigenvalue weighted by molar-refractivity contribution is -0.121. The molecule has 2 saturated carbocycles. The maximum Gasteiger partial charge on any atom is 0.329 e. The summed E-state index contributed by atoms with van der Waals surface area (Å²) in [6.07, 6.45) is 8.79. The number of urea groups is 1. The first-order valence-corrected chi connectivity index (χ1v) is 23.1. The van der Waals surface area contributed by atoms with Crippen LogP contribution in [-0.4, -0.2) is 111 Å². The molecule has 2 atom stereocenters. The highest BCUT2D eigenvalue weighted by molar-refractivity contribution is 7.89. The first-order valence-electron chi connectivity index (χ1n) is 21.6. The van der Waals surface area contributed by atoms with E-state index in [1.165, 1.54) is 26.9 Å². The quantitative estimate of drug-likeness (QED) is 0.218. The van der Waals surface area contributed by atoms with Gasteiger partial charge >= 0.3 is 6.03 Å². The van der Waals surface area contributed by atoms with Crippen LogP contribution in [0.1, 0.15) is 93.2 Å². The highest BCUT2D eigenvalue weighted by atomic mass is 32.2. The van der Waals surface area contributed by atoms with Crippen molar-refractivity contribution in [3.8, 4) is 0 Å². The van der Waals surface area contributed by atoms with E-state index in [1.807, 2.05) is 18.0 Å². The number of amides is 4. The zero-order valence-electron chi connectivity index (χ0n) is 34.2. The number of nitrogens with zero attached hydrogens (tertiary/aromatic N) is 8. The Balaban J connectivity index is 0.754. The third-order valence-electron chi connectivity index (χ3n) is 13.9. The molecule has 4 aliphatic heterocycles. The van der Waals surface area contributed by atoms with E-state index in [2.05, 4.69) is 37.7 Å². The van der Waals surface area contributed by atoms with Crippen LogP contribution in [0.15, 0.2) is 47.5 Å². The van der Waals surface area contributed by atoms with Gasteiger partial charge in [0.2, 0.25) is 27.8 Å². The molecule has 2 aliphatic carbocycles. The smallest absolute Gasteiger partial charge is 0.329 e. The molecule has 2 aromatic carbocycles. The number of anilines is 3. The number of halogens is 1. The van der Waals surface area contributed by atoms with Crippen molar-refractivity contribution in [3.63, 3.8) is 0 Å². The lowest BCUT2D eigenvalue weighted by Crippen LogP contribution is -2.49. The Morgan fingerprint density at radius 1 is 0.951 bits per heavy atom. The normalized spacial score (nSPS) is 24.1. The summed E-state index contributed by atoms with van der Waals surface area (Å²) in [5.41, 5.74) is 3.14. The summed E-state index contributed by atoms with van der Waals surface area (Å²) < 4.78 is 46.3.